The van der Waals surface area contributed by atoms with Gasteiger partial charge in [0.25, 0.3) is 0 Å². The maximum atomic E-state index is 2.50. The molecule has 0 bridgehead atoms. The van der Waals surface area contributed by atoms with Crippen LogP contribution in [0.5, 0.6) is 0 Å². The summed E-state index contributed by atoms with van der Waals surface area (Å²) in [7, 11) is 4.59. The summed E-state index contributed by atoms with van der Waals surface area (Å²) < 4.78 is 2.50. The molecule has 0 atom stereocenters. The van der Waals surface area contributed by atoms with E-state index in [1.807, 2.05) is 0 Å². The van der Waals surface area contributed by atoms with Crippen molar-refractivity contribution >= 4 is 38.6 Å². The van der Waals surface area contributed by atoms with Gasteiger partial charge in [-0.25, -0.2) is 0 Å². The normalized spacial score (nSPS) is 17.4. The number of hydrogen-bond donors (Lipinski definition) is 0. The van der Waals surface area contributed by atoms with E-state index in [0.29, 0.717) is 0 Å². The van der Waals surface area contributed by atoms with Gasteiger partial charge >= 0.3 is 0 Å². The molecule has 0 unspecified atom stereocenters. The van der Waals surface area contributed by atoms with Crippen molar-refractivity contribution in [1.29, 1.82) is 0 Å². The highest BCUT2D eigenvalue weighted by atomic mass is 15.2. The molecule has 0 radical (unpaired) electrons. The first kappa shape index (κ1) is 34.9. The fraction of sp³-hybridized carbons (Fsp3) is 0.426. The monoisotopic (exact) mass is 651 g/mol. The predicted molar refractivity (Wildman–Crippen MR) is 215 cm³/mol. The van der Waals surface area contributed by atoms with Crippen LogP contribution in [-0.4, -0.2) is 24.4 Å². The standard InChI is InChI=1S/C47H59N2/c1-7-11-32-46(33-12-8-2)42(48(5)40-30-28-36-22-18-20-24-38(36)44(40)46)26-16-15-17-27-43-47(34-13-9-3,35-14-10-4)45-39-25-21-19-23-37(39)29-31-41(45)49(43)6/h15-31H,7-14,32-35H2,1-6H3/q+1. The van der Waals surface area contributed by atoms with Crippen LogP contribution in [0.4, 0.5) is 11.4 Å². The van der Waals surface area contributed by atoms with E-state index in [-0.39, 0.29) is 10.8 Å². The molecule has 2 heteroatoms. The third-order valence-corrected chi connectivity index (χ3v) is 11.8. The molecule has 2 heterocycles. The maximum Gasteiger partial charge on any atom is 0.210 e. The number of fused-ring (bicyclic) bond motifs is 6. The summed E-state index contributed by atoms with van der Waals surface area (Å²) >= 11 is 0. The number of unbranched alkanes of at least 4 members (excludes halogenated alkanes) is 4. The average molecular weight is 652 g/mol. The third-order valence-electron chi connectivity index (χ3n) is 11.8. The van der Waals surface area contributed by atoms with Gasteiger partial charge in [0, 0.05) is 41.6 Å². The van der Waals surface area contributed by atoms with E-state index >= 15 is 0 Å². The van der Waals surface area contributed by atoms with E-state index in [9.17, 15) is 0 Å². The second kappa shape index (κ2) is 15.3. The van der Waals surface area contributed by atoms with Crippen molar-refractivity contribution < 1.29 is 4.58 Å². The van der Waals surface area contributed by atoms with Gasteiger partial charge in [-0.05, 0) is 71.0 Å². The molecule has 0 spiro atoms. The Morgan fingerprint density at radius 3 is 1.71 bits per heavy atom. The minimum atomic E-state index is 0.0313. The summed E-state index contributed by atoms with van der Waals surface area (Å²) in [4.78, 5) is 2.50. The molecule has 0 amide bonds. The Morgan fingerprint density at radius 2 is 1.12 bits per heavy atom. The Balaban J connectivity index is 1.41. The van der Waals surface area contributed by atoms with Crippen LogP contribution in [0.25, 0.3) is 21.5 Å². The molecule has 0 aliphatic carbocycles. The highest BCUT2D eigenvalue weighted by Crippen LogP contribution is 2.55. The van der Waals surface area contributed by atoms with Gasteiger partial charge in [0.05, 0.1) is 5.41 Å². The molecule has 0 N–H and O–H groups in total. The first-order chi connectivity index (χ1) is 24.0. The van der Waals surface area contributed by atoms with Crippen LogP contribution in [0.15, 0.2) is 109 Å². The van der Waals surface area contributed by atoms with Crippen molar-refractivity contribution in [3.05, 3.63) is 120 Å². The minimum absolute atomic E-state index is 0.0313. The van der Waals surface area contributed by atoms with Gasteiger partial charge in [0.2, 0.25) is 5.69 Å². The van der Waals surface area contributed by atoms with E-state index in [1.165, 1.54) is 121 Å². The van der Waals surface area contributed by atoms with Crippen molar-refractivity contribution in [1.82, 2.24) is 0 Å². The van der Waals surface area contributed by atoms with Gasteiger partial charge in [-0.3, -0.25) is 0 Å². The molecule has 256 valence electrons. The highest BCUT2D eigenvalue weighted by Gasteiger charge is 2.50. The van der Waals surface area contributed by atoms with Crippen molar-refractivity contribution in [3.63, 3.8) is 0 Å². The van der Waals surface area contributed by atoms with Crippen LogP contribution in [0.1, 0.15) is 116 Å². The average Bonchev–Trinajstić information content (AvgIpc) is 3.52. The van der Waals surface area contributed by atoms with Crippen LogP contribution in [0, 0.1) is 0 Å². The molecule has 0 saturated heterocycles. The lowest BCUT2D eigenvalue weighted by molar-refractivity contribution is -0.401. The molecule has 0 saturated carbocycles. The maximum absolute atomic E-state index is 2.50. The van der Waals surface area contributed by atoms with Crippen molar-refractivity contribution in [2.24, 2.45) is 0 Å². The molecule has 6 rings (SSSR count). The van der Waals surface area contributed by atoms with Crippen LogP contribution >= 0.6 is 0 Å². The van der Waals surface area contributed by atoms with Crippen molar-refractivity contribution in [3.8, 4) is 0 Å². The molecule has 4 aromatic rings. The second-order valence-electron chi connectivity index (χ2n) is 14.7. The SMILES string of the molecule is CCCCC1(CCCC)C(/C=C/C=C/C=C2\N(C)c3ccc4ccccc4c3C2(CCCC)CCCC)=[N+](C)c2ccc3ccccc3c21. The largest absolute Gasteiger partial charge is 0.347 e. The van der Waals surface area contributed by atoms with Crippen LogP contribution in [0.2, 0.25) is 0 Å². The van der Waals surface area contributed by atoms with Gasteiger partial charge in [-0.1, -0.05) is 152 Å². The zero-order valence-corrected chi connectivity index (χ0v) is 31.2. The highest BCUT2D eigenvalue weighted by molar-refractivity contribution is 6.08. The fourth-order valence-electron chi connectivity index (χ4n) is 9.32. The lowest BCUT2D eigenvalue weighted by Gasteiger charge is -2.34. The topological polar surface area (TPSA) is 6.25 Å². The Kier molecular flexibility index (Phi) is 10.9. The summed E-state index contributed by atoms with van der Waals surface area (Å²) in [5.41, 5.74) is 8.83. The lowest BCUT2D eigenvalue weighted by Crippen LogP contribution is -2.34. The van der Waals surface area contributed by atoms with E-state index in [4.69, 9.17) is 0 Å². The second-order valence-corrected chi connectivity index (χ2v) is 14.7. The number of allylic oxidation sites excluding steroid dienone is 6. The Morgan fingerprint density at radius 1 is 0.592 bits per heavy atom. The fourth-order valence-corrected chi connectivity index (χ4v) is 9.32. The van der Waals surface area contributed by atoms with Gasteiger partial charge in [-0.2, -0.15) is 4.58 Å². The van der Waals surface area contributed by atoms with Crippen molar-refractivity contribution in [2.45, 2.75) is 116 Å². The van der Waals surface area contributed by atoms with E-state index in [0.717, 1.165) is 0 Å². The zero-order chi connectivity index (χ0) is 34.4. The molecule has 0 aromatic heterocycles. The summed E-state index contributed by atoms with van der Waals surface area (Å²) in [6.07, 6.45) is 26.4. The van der Waals surface area contributed by atoms with Crippen molar-refractivity contribution in [2.75, 3.05) is 19.0 Å². The quantitative estimate of drug-likeness (QED) is 0.0916. The van der Waals surface area contributed by atoms with Gasteiger partial charge in [-0.15, -0.1) is 0 Å². The third kappa shape index (κ3) is 6.22. The first-order valence-electron chi connectivity index (χ1n) is 19.4. The molecule has 4 aromatic carbocycles. The minimum Gasteiger partial charge on any atom is -0.347 e. The summed E-state index contributed by atoms with van der Waals surface area (Å²) in [6.45, 7) is 9.35. The van der Waals surface area contributed by atoms with Gasteiger partial charge in [0.1, 0.15) is 7.05 Å². The Labute approximate surface area is 296 Å². The Bertz CT molecular complexity index is 1880. The van der Waals surface area contributed by atoms with Crippen LogP contribution in [0.3, 0.4) is 0 Å². The van der Waals surface area contributed by atoms with Crippen LogP contribution < -0.4 is 4.90 Å². The molecule has 2 nitrogen and oxygen atoms in total. The number of benzene rings is 4. The molecular formula is C47H59N2+. The van der Waals surface area contributed by atoms with E-state index < -0.39 is 0 Å². The number of likely N-dealkylation sites (N-methyl/N-ethyl adjacent to an activating group) is 1. The summed E-state index contributed by atoms with van der Waals surface area (Å²) in [6, 6.07) is 27.5. The molecule has 49 heavy (non-hydrogen) atoms. The smallest absolute Gasteiger partial charge is 0.210 e. The molecular weight excluding hydrogens is 593 g/mol. The molecule has 2 aliphatic rings. The first-order valence-corrected chi connectivity index (χ1v) is 19.4. The number of nitrogens with zero attached hydrogens (tertiary/aromatic N) is 2. The molecule has 2 aliphatic heterocycles. The Hall–Kier alpha value is -3.91. The number of rotatable bonds is 15. The summed E-state index contributed by atoms with van der Waals surface area (Å²) in [5, 5.41) is 5.56. The summed E-state index contributed by atoms with van der Waals surface area (Å²) in [5.74, 6) is 0. The predicted octanol–water partition coefficient (Wildman–Crippen LogP) is 13.1. The number of anilines is 1. The lowest BCUT2D eigenvalue weighted by atomic mass is 9.69. The number of hydrogen-bond acceptors (Lipinski definition) is 1. The molecule has 0 fully saturated rings. The van der Waals surface area contributed by atoms with Gasteiger partial charge < -0.3 is 4.90 Å². The van der Waals surface area contributed by atoms with E-state index in [1.54, 1.807) is 11.1 Å². The zero-order valence-electron chi connectivity index (χ0n) is 31.2. The van der Waals surface area contributed by atoms with E-state index in [2.05, 4.69) is 154 Å². The van der Waals surface area contributed by atoms with Gasteiger partial charge in [0.15, 0.2) is 5.71 Å². The van der Waals surface area contributed by atoms with Crippen LogP contribution in [-0.2, 0) is 10.8 Å².